The zero-order valence-electron chi connectivity index (χ0n) is 18.5. The van der Waals surface area contributed by atoms with Crippen molar-refractivity contribution in [2.45, 2.75) is 0 Å². The van der Waals surface area contributed by atoms with E-state index in [2.05, 4.69) is 120 Å². The van der Waals surface area contributed by atoms with Crippen molar-refractivity contribution in [3.8, 4) is 0 Å². The van der Waals surface area contributed by atoms with E-state index in [4.69, 9.17) is 4.42 Å². The average molecular weight is 436 g/mol. The molecule has 0 spiro atoms. The molecule has 0 atom stereocenters. The lowest BCUT2D eigenvalue weighted by molar-refractivity contribution is 0.669. The Kier molecular flexibility index (Phi) is 4.18. The third-order valence-electron chi connectivity index (χ3n) is 6.58. The number of nitrogens with zero attached hydrogens (tertiary/aromatic N) is 1. The predicted octanol–water partition coefficient (Wildman–Crippen LogP) is 9.36. The maximum Gasteiger partial charge on any atom is 0.136 e. The smallest absolute Gasteiger partial charge is 0.136 e. The summed E-state index contributed by atoms with van der Waals surface area (Å²) in [5.41, 5.74) is 5.22. The fourth-order valence-corrected chi connectivity index (χ4v) is 4.93. The van der Waals surface area contributed by atoms with Gasteiger partial charge in [0, 0.05) is 27.8 Å². The first-order valence-corrected chi connectivity index (χ1v) is 11.5. The Morgan fingerprint density at radius 2 is 1.03 bits per heavy atom. The molecule has 1 heterocycles. The number of fused-ring (bicyclic) bond motifs is 5. The normalized spacial score (nSPS) is 11.5. The monoisotopic (exact) mass is 435 g/mol. The van der Waals surface area contributed by atoms with Crippen LogP contribution in [0, 0.1) is 0 Å². The lowest BCUT2D eigenvalue weighted by Gasteiger charge is -2.26. The van der Waals surface area contributed by atoms with Crippen molar-refractivity contribution >= 4 is 60.5 Å². The van der Waals surface area contributed by atoms with E-state index >= 15 is 0 Å². The molecule has 0 saturated heterocycles. The standard InChI is InChI=1S/C32H21NO/c1-2-10-26(11-3-1)33(27-16-14-22-8-4-5-9-23(22)18-27)28-17-15-24-20-30-29-12-6-7-13-31(29)34-32(30)21-25(24)19-28/h1-21H. The van der Waals surface area contributed by atoms with Crippen LogP contribution in [0.1, 0.15) is 0 Å². The van der Waals surface area contributed by atoms with E-state index in [9.17, 15) is 0 Å². The van der Waals surface area contributed by atoms with E-state index in [1.165, 1.54) is 16.2 Å². The second kappa shape index (κ2) is 7.50. The highest BCUT2D eigenvalue weighted by atomic mass is 16.3. The van der Waals surface area contributed by atoms with Gasteiger partial charge < -0.3 is 9.32 Å². The largest absolute Gasteiger partial charge is 0.456 e. The summed E-state index contributed by atoms with van der Waals surface area (Å²) in [7, 11) is 0. The van der Waals surface area contributed by atoms with Gasteiger partial charge in [-0.1, -0.05) is 72.8 Å². The number of furan rings is 1. The number of para-hydroxylation sites is 2. The number of benzene rings is 6. The van der Waals surface area contributed by atoms with Crippen LogP contribution in [-0.2, 0) is 0 Å². The molecular formula is C32H21NO. The van der Waals surface area contributed by atoms with Gasteiger partial charge in [0.05, 0.1) is 0 Å². The Morgan fingerprint density at radius 1 is 0.382 bits per heavy atom. The van der Waals surface area contributed by atoms with Crippen LogP contribution in [-0.4, -0.2) is 0 Å². The second-order valence-electron chi connectivity index (χ2n) is 8.68. The fourth-order valence-electron chi connectivity index (χ4n) is 4.93. The Labute approximate surface area is 197 Å². The van der Waals surface area contributed by atoms with Crippen molar-refractivity contribution in [1.29, 1.82) is 0 Å². The number of hydrogen-bond acceptors (Lipinski definition) is 2. The molecule has 7 rings (SSSR count). The minimum atomic E-state index is 0.919. The molecule has 2 nitrogen and oxygen atoms in total. The molecule has 160 valence electrons. The van der Waals surface area contributed by atoms with Crippen molar-refractivity contribution in [3.63, 3.8) is 0 Å². The zero-order valence-corrected chi connectivity index (χ0v) is 18.5. The summed E-state index contributed by atoms with van der Waals surface area (Å²) in [6.45, 7) is 0. The molecule has 0 aliphatic rings. The van der Waals surface area contributed by atoms with Gasteiger partial charge in [0.25, 0.3) is 0 Å². The summed E-state index contributed by atoms with van der Waals surface area (Å²) in [5.74, 6) is 0. The molecular weight excluding hydrogens is 414 g/mol. The van der Waals surface area contributed by atoms with E-state index in [0.29, 0.717) is 0 Å². The molecule has 2 heteroatoms. The zero-order chi connectivity index (χ0) is 22.5. The Hall–Kier alpha value is -4.56. The number of rotatable bonds is 3. The van der Waals surface area contributed by atoms with Gasteiger partial charge in [-0.3, -0.25) is 0 Å². The van der Waals surface area contributed by atoms with Crippen LogP contribution in [0.3, 0.4) is 0 Å². The van der Waals surface area contributed by atoms with Gasteiger partial charge in [0.15, 0.2) is 0 Å². The van der Waals surface area contributed by atoms with Crippen molar-refractivity contribution in [3.05, 3.63) is 127 Å². The van der Waals surface area contributed by atoms with Gasteiger partial charge in [0.1, 0.15) is 11.2 Å². The first kappa shape index (κ1) is 19.0. The van der Waals surface area contributed by atoms with E-state index in [0.717, 1.165) is 44.4 Å². The SMILES string of the molecule is c1ccc(N(c2ccc3ccccc3c2)c2ccc3cc4c(cc3c2)oc2ccccc24)cc1. The molecule has 0 fully saturated rings. The van der Waals surface area contributed by atoms with Crippen molar-refractivity contribution in [1.82, 2.24) is 0 Å². The molecule has 0 bridgehead atoms. The highest BCUT2D eigenvalue weighted by molar-refractivity contribution is 6.10. The molecule has 0 unspecified atom stereocenters. The number of hydrogen-bond donors (Lipinski definition) is 0. The minimum Gasteiger partial charge on any atom is -0.456 e. The fraction of sp³-hybridized carbons (Fsp3) is 0. The molecule has 1 aromatic heterocycles. The van der Waals surface area contributed by atoms with Crippen molar-refractivity contribution in [2.24, 2.45) is 0 Å². The summed E-state index contributed by atoms with van der Waals surface area (Å²) in [6.07, 6.45) is 0. The highest BCUT2D eigenvalue weighted by Crippen LogP contribution is 2.39. The third-order valence-corrected chi connectivity index (χ3v) is 6.58. The summed E-state index contributed by atoms with van der Waals surface area (Å²) in [4.78, 5) is 2.31. The maximum absolute atomic E-state index is 6.16. The van der Waals surface area contributed by atoms with Crippen LogP contribution < -0.4 is 4.90 Å². The van der Waals surface area contributed by atoms with Crippen molar-refractivity contribution in [2.75, 3.05) is 4.90 Å². The molecule has 7 aromatic rings. The molecule has 0 aliphatic heterocycles. The van der Waals surface area contributed by atoms with E-state index < -0.39 is 0 Å². The van der Waals surface area contributed by atoms with Crippen LogP contribution in [0.4, 0.5) is 17.1 Å². The van der Waals surface area contributed by atoms with Crippen LogP contribution in [0.5, 0.6) is 0 Å². The number of anilines is 3. The van der Waals surface area contributed by atoms with E-state index in [1.807, 2.05) is 12.1 Å². The quantitative estimate of drug-likeness (QED) is 0.275. The van der Waals surface area contributed by atoms with Crippen LogP contribution in [0.25, 0.3) is 43.5 Å². The highest BCUT2D eigenvalue weighted by Gasteiger charge is 2.14. The first-order chi connectivity index (χ1) is 16.8. The second-order valence-corrected chi connectivity index (χ2v) is 8.68. The van der Waals surface area contributed by atoms with Gasteiger partial charge >= 0.3 is 0 Å². The summed E-state index contributed by atoms with van der Waals surface area (Å²) in [6, 6.07) is 45.0. The molecule has 0 radical (unpaired) electrons. The van der Waals surface area contributed by atoms with Gasteiger partial charge in [-0.2, -0.15) is 0 Å². The minimum absolute atomic E-state index is 0.919. The Morgan fingerprint density at radius 3 is 1.88 bits per heavy atom. The lowest BCUT2D eigenvalue weighted by atomic mass is 10.0. The lowest BCUT2D eigenvalue weighted by Crippen LogP contribution is -2.09. The first-order valence-electron chi connectivity index (χ1n) is 11.5. The molecule has 6 aromatic carbocycles. The van der Waals surface area contributed by atoms with Gasteiger partial charge in [-0.25, -0.2) is 0 Å². The average Bonchev–Trinajstić information content (AvgIpc) is 3.25. The van der Waals surface area contributed by atoms with Crippen LogP contribution >= 0.6 is 0 Å². The van der Waals surface area contributed by atoms with Crippen LogP contribution in [0.15, 0.2) is 132 Å². The summed E-state index contributed by atoms with van der Waals surface area (Å²) < 4.78 is 6.16. The topological polar surface area (TPSA) is 16.4 Å². The molecule has 0 saturated carbocycles. The molecule has 0 N–H and O–H groups in total. The Bertz CT molecular complexity index is 1810. The third kappa shape index (κ3) is 3.04. The van der Waals surface area contributed by atoms with Gasteiger partial charge in [-0.15, -0.1) is 0 Å². The van der Waals surface area contributed by atoms with E-state index in [-0.39, 0.29) is 0 Å². The van der Waals surface area contributed by atoms with Crippen molar-refractivity contribution < 1.29 is 4.42 Å². The molecule has 0 aliphatic carbocycles. The predicted molar refractivity (Wildman–Crippen MR) is 143 cm³/mol. The maximum atomic E-state index is 6.16. The summed E-state index contributed by atoms with van der Waals surface area (Å²) in [5, 5.41) is 7.15. The Balaban J connectivity index is 1.44. The van der Waals surface area contributed by atoms with Gasteiger partial charge in [-0.05, 0) is 76.1 Å². The molecule has 0 amide bonds. The van der Waals surface area contributed by atoms with Crippen LogP contribution in [0.2, 0.25) is 0 Å². The van der Waals surface area contributed by atoms with E-state index in [1.54, 1.807) is 0 Å². The summed E-state index contributed by atoms with van der Waals surface area (Å²) >= 11 is 0. The van der Waals surface area contributed by atoms with Gasteiger partial charge in [0.2, 0.25) is 0 Å². The molecule has 34 heavy (non-hydrogen) atoms.